The number of ether oxygens (including phenoxy) is 1. The van der Waals surface area contributed by atoms with Crippen molar-refractivity contribution < 1.29 is 14.3 Å². The smallest absolute Gasteiger partial charge is 0.255 e. The number of rotatable bonds is 7. The van der Waals surface area contributed by atoms with Crippen LogP contribution in [0.3, 0.4) is 0 Å². The first-order valence-electron chi connectivity index (χ1n) is 9.55. The van der Waals surface area contributed by atoms with Crippen molar-refractivity contribution in [1.82, 2.24) is 4.90 Å². The summed E-state index contributed by atoms with van der Waals surface area (Å²) >= 11 is 0. The molecule has 2 amide bonds. The molecule has 0 saturated carbocycles. The Morgan fingerprint density at radius 3 is 2.13 bits per heavy atom. The van der Waals surface area contributed by atoms with Crippen LogP contribution >= 0.6 is 0 Å². The first kappa shape index (κ1) is 21.1. The monoisotopic (exact) mass is 403 g/mol. The van der Waals surface area contributed by atoms with E-state index in [1.165, 1.54) is 0 Å². The number of benzene rings is 3. The molecular formula is C24H25N3O3. The second kappa shape index (κ2) is 9.71. The van der Waals surface area contributed by atoms with Gasteiger partial charge in [0, 0.05) is 5.56 Å². The highest BCUT2D eigenvalue weighted by atomic mass is 16.5. The van der Waals surface area contributed by atoms with Gasteiger partial charge in [0.1, 0.15) is 5.75 Å². The number of hydrogen-bond donors (Lipinski definition) is 2. The molecule has 3 aromatic rings. The summed E-state index contributed by atoms with van der Waals surface area (Å²) in [7, 11) is 5.27. The number of amides is 2. The van der Waals surface area contributed by atoms with Crippen LogP contribution in [0.4, 0.5) is 11.4 Å². The highest BCUT2D eigenvalue weighted by molar-refractivity contribution is 6.07. The molecular weight excluding hydrogens is 378 g/mol. The highest BCUT2D eigenvalue weighted by Gasteiger charge is 2.12. The topological polar surface area (TPSA) is 70.7 Å². The van der Waals surface area contributed by atoms with E-state index in [1.807, 2.05) is 68.7 Å². The van der Waals surface area contributed by atoms with Crippen molar-refractivity contribution in [3.63, 3.8) is 0 Å². The third kappa shape index (κ3) is 5.46. The van der Waals surface area contributed by atoms with E-state index in [9.17, 15) is 9.59 Å². The van der Waals surface area contributed by atoms with Crippen LogP contribution in [-0.4, -0.2) is 44.5 Å². The molecule has 154 valence electrons. The van der Waals surface area contributed by atoms with Gasteiger partial charge in [-0.05, 0) is 61.6 Å². The van der Waals surface area contributed by atoms with Crippen LogP contribution in [-0.2, 0) is 4.79 Å². The van der Waals surface area contributed by atoms with Crippen molar-refractivity contribution in [3.8, 4) is 16.9 Å². The molecule has 0 saturated heterocycles. The molecule has 0 heterocycles. The predicted octanol–water partition coefficient (Wildman–Crippen LogP) is 4.11. The Hall–Kier alpha value is -3.64. The van der Waals surface area contributed by atoms with Crippen LogP contribution in [0, 0.1) is 0 Å². The highest BCUT2D eigenvalue weighted by Crippen LogP contribution is 2.25. The normalized spacial score (nSPS) is 10.5. The zero-order valence-corrected chi connectivity index (χ0v) is 17.3. The lowest BCUT2D eigenvalue weighted by Gasteiger charge is -2.14. The molecule has 0 aliphatic rings. The summed E-state index contributed by atoms with van der Waals surface area (Å²) in [6, 6.07) is 22.2. The number of likely N-dealkylation sites (N-methyl/N-ethyl adjacent to an activating group) is 1. The first-order chi connectivity index (χ1) is 14.5. The summed E-state index contributed by atoms with van der Waals surface area (Å²) < 4.78 is 5.20. The molecule has 2 N–H and O–H groups in total. The van der Waals surface area contributed by atoms with Gasteiger partial charge in [0.25, 0.3) is 5.91 Å². The fourth-order valence-corrected chi connectivity index (χ4v) is 3.00. The number of carbonyl (C=O) groups excluding carboxylic acids is 2. The van der Waals surface area contributed by atoms with Gasteiger partial charge in [0.15, 0.2) is 0 Å². The molecule has 6 heteroatoms. The lowest BCUT2D eigenvalue weighted by atomic mass is 10.0. The number of carbonyl (C=O) groups is 2. The largest absolute Gasteiger partial charge is 0.497 e. The van der Waals surface area contributed by atoms with Crippen LogP contribution in [0.1, 0.15) is 10.4 Å². The van der Waals surface area contributed by atoms with Crippen LogP contribution in [0.25, 0.3) is 11.1 Å². The average Bonchev–Trinajstić information content (AvgIpc) is 2.74. The van der Waals surface area contributed by atoms with E-state index >= 15 is 0 Å². The van der Waals surface area contributed by atoms with E-state index in [-0.39, 0.29) is 18.4 Å². The number of hydrogen-bond acceptors (Lipinski definition) is 4. The second-order valence-electron chi connectivity index (χ2n) is 7.09. The van der Waals surface area contributed by atoms with Crippen molar-refractivity contribution >= 4 is 23.2 Å². The predicted molar refractivity (Wildman–Crippen MR) is 120 cm³/mol. The molecule has 0 bridgehead atoms. The lowest BCUT2D eigenvalue weighted by Crippen LogP contribution is -2.27. The third-order valence-electron chi connectivity index (χ3n) is 4.46. The summed E-state index contributed by atoms with van der Waals surface area (Å²) in [5, 5.41) is 5.73. The standard InChI is InChI=1S/C24H25N3O3/c1-27(2)16-23(28)25-21-9-4-5-10-22(21)26-24(29)19-8-6-7-18(15-19)17-11-13-20(30-3)14-12-17/h4-15H,16H2,1-3H3,(H,25,28)(H,26,29). The number of nitrogens with zero attached hydrogens (tertiary/aromatic N) is 1. The van der Waals surface area contributed by atoms with Crippen molar-refractivity contribution in [2.75, 3.05) is 38.4 Å². The van der Waals surface area contributed by atoms with E-state index in [4.69, 9.17) is 4.74 Å². The molecule has 0 radical (unpaired) electrons. The Balaban J connectivity index is 1.77. The quantitative estimate of drug-likeness (QED) is 0.623. The van der Waals surface area contributed by atoms with Crippen molar-refractivity contribution in [2.24, 2.45) is 0 Å². The zero-order chi connectivity index (χ0) is 21.5. The summed E-state index contributed by atoms with van der Waals surface area (Å²) in [6.07, 6.45) is 0. The molecule has 0 spiro atoms. The van der Waals surface area contributed by atoms with Gasteiger partial charge < -0.3 is 20.3 Å². The summed E-state index contributed by atoms with van der Waals surface area (Å²) in [6.45, 7) is 0.256. The minimum atomic E-state index is -0.250. The molecule has 0 aromatic heterocycles. The fraction of sp³-hybridized carbons (Fsp3) is 0.167. The fourth-order valence-electron chi connectivity index (χ4n) is 3.00. The maximum atomic E-state index is 12.9. The van der Waals surface area contributed by atoms with Crippen molar-refractivity contribution in [1.29, 1.82) is 0 Å². The number of methoxy groups -OCH3 is 1. The van der Waals surface area contributed by atoms with Gasteiger partial charge in [-0.3, -0.25) is 9.59 Å². The van der Waals surface area contributed by atoms with Crippen LogP contribution in [0.5, 0.6) is 5.75 Å². The van der Waals surface area contributed by atoms with E-state index in [0.717, 1.165) is 16.9 Å². The maximum Gasteiger partial charge on any atom is 0.255 e. The summed E-state index contributed by atoms with van der Waals surface area (Å²) in [5.74, 6) is 0.378. The summed E-state index contributed by atoms with van der Waals surface area (Å²) in [5.41, 5.74) is 3.55. The molecule has 6 nitrogen and oxygen atoms in total. The number of para-hydroxylation sites is 2. The number of anilines is 2. The molecule has 3 aromatic carbocycles. The molecule has 0 atom stereocenters. The Kier molecular flexibility index (Phi) is 6.83. The lowest BCUT2D eigenvalue weighted by molar-refractivity contribution is -0.116. The second-order valence-corrected chi connectivity index (χ2v) is 7.09. The van der Waals surface area contributed by atoms with Crippen LogP contribution in [0.2, 0.25) is 0 Å². The van der Waals surface area contributed by atoms with Gasteiger partial charge in [-0.1, -0.05) is 36.4 Å². The van der Waals surface area contributed by atoms with Crippen LogP contribution in [0.15, 0.2) is 72.8 Å². The zero-order valence-electron chi connectivity index (χ0n) is 17.3. The van der Waals surface area contributed by atoms with Crippen molar-refractivity contribution in [2.45, 2.75) is 0 Å². The van der Waals surface area contributed by atoms with Gasteiger partial charge in [0.2, 0.25) is 5.91 Å². The molecule has 30 heavy (non-hydrogen) atoms. The SMILES string of the molecule is COc1ccc(-c2cccc(C(=O)Nc3ccccc3NC(=O)CN(C)C)c2)cc1. The van der Waals surface area contributed by atoms with Gasteiger partial charge in [0.05, 0.1) is 25.0 Å². The maximum absolute atomic E-state index is 12.9. The minimum absolute atomic E-state index is 0.150. The van der Waals surface area contributed by atoms with E-state index in [2.05, 4.69) is 10.6 Å². The van der Waals surface area contributed by atoms with E-state index in [1.54, 1.807) is 30.2 Å². The Bertz CT molecular complexity index is 1030. The molecule has 0 fully saturated rings. The molecule has 0 aliphatic heterocycles. The Labute approximate surface area is 176 Å². The Morgan fingerprint density at radius 1 is 0.833 bits per heavy atom. The molecule has 0 unspecified atom stereocenters. The van der Waals surface area contributed by atoms with Crippen molar-refractivity contribution in [3.05, 3.63) is 78.4 Å². The van der Waals surface area contributed by atoms with Crippen LogP contribution < -0.4 is 15.4 Å². The van der Waals surface area contributed by atoms with E-state index < -0.39 is 0 Å². The van der Waals surface area contributed by atoms with Gasteiger partial charge in [-0.15, -0.1) is 0 Å². The number of nitrogens with one attached hydrogen (secondary N) is 2. The Morgan fingerprint density at radius 2 is 1.50 bits per heavy atom. The average molecular weight is 403 g/mol. The first-order valence-corrected chi connectivity index (χ1v) is 9.55. The molecule has 0 aliphatic carbocycles. The van der Waals surface area contributed by atoms with E-state index in [0.29, 0.717) is 16.9 Å². The van der Waals surface area contributed by atoms with Gasteiger partial charge in [-0.2, -0.15) is 0 Å². The molecule has 3 rings (SSSR count). The van der Waals surface area contributed by atoms with Gasteiger partial charge >= 0.3 is 0 Å². The van der Waals surface area contributed by atoms with Gasteiger partial charge in [-0.25, -0.2) is 0 Å². The summed E-state index contributed by atoms with van der Waals surface area (Å²) in [4.78, 5) is 26.7. The third-order valence-corrected chi connectivity index (χ3v) is 4.46. The minimum Gasteiger partial charge on any atom is -0.497 e.